The van der Waals surface area contributed by atoms with Crippen LogP contribution in [0.15, 0.2) is 59.6 Å². The number of rotatable bonds is 4. The summed E-state index contributed by atoms with van der Waals surface area (Å²) in [5, 5.41) is 3.64. The lowest BCUT2D eigenvalue weighted by molar-refractivity contribution is 0.0170. The van der Waals surface area contributed by atoms with Gasteiger partial charge in [-0.05, 0) is 23.6 Å². The fraction of sp³-hybridized carbons (Fsp3) is 0.409. The second-order valence-electron chi connectivity index (χ2n) is 7.03. The number of fused-ring (bicyclic) bond motifs is 1. The van der Waals surface area contributed by atoms with Crippen molar-refractivity contribution in [2.24, 2.45) is 4.99 Å². The molecule has 2 aromatic carbocycles. The molecule has 4 rings (SSSR count). The van der Waals surface area contributed by atoms with Gasteiger partial charge in [-0.2, -0.15) is 0 Å². The third-order valence-electron chi connectivity index (χ3n) is 5.48. The Morgan fingerprint density at radius 1 is 1.04 bits per heavy atom. The fourth-order valence-corrected chi connectivity index (χ4v) is 4.06. The third-order valence-corrected chi connectivity index (χ3v) is 5.48. The highest BCUT2D eigenvalue weighted by Gasteiger charge is 2.26. The number of guanidine groups is 1. The number of aliphatic imine (C=N–C) groups is 1. The summed E-state index contributed by atoms with van der Waals surface area (Å²) in [6, 6.07) is 19.7. The third kappa shape index (κ3) is 3.99. The summed E-state index contributed by atoms with van der Waals surface area (Å²) in [6.07, 6.45) is 1.07. The summed E-state index contributed by atoms with van der Waals surface area (Å²) in [7, 11) is 1.87. The smallest absolute Gasteiger partial charge is 0.198 e. The Kier molecular flexibility index (Phi) is 5.70. The summed E-state index contributed by atoms with van der Waals surface area (Å²) in [6.45, 7) is 5.34. The Morgan fingerprint density at radius 3 is 2.56 bits per heavy atom. The monoisotopic (exact) mass is 364 g/mol. The van der Waals surface area contributed by atoms with Gasteiger partial charge >= 0.3 is 0 Å². The van der Waals surface area contributed by atoms with Gasteiger partial charge in [-0.1, -0.05) is 48.5 Å². The number of nitrogens with zero attached hydrogens (tertiary/aromatic N) is 3. The first-order valence-corrected chi connectivity index (χ1v) is 9.79. The van der Waals surface area contributed by atoms with Crippen LogP contribution in [-0.2, 0) is 11.2 Å². The number of nitrogens with one attached hydrogen (secondary N) is 1. The highest BCUT2D eigenvalue weighted by atomic mass is 16.5. The molecule has 142 valence electrons. The number of benzene rings is 2. The minimum atomic E-state index is 0.310. The second kappa shape index (κ2) is 8.55. The van der Waals surface area contributed by atoms with Crippen LogP contribution in [-0.4, -0.2) is 57.3 Å². The van der Waals surface area contributed by atoms with Crippen molar-refractivity contribution in [1.82, 2.24) is 10.2 Å². The molecule has 0 bridgehead atoms. The molecule has 0 radical (unpaired) electrons. The molecule has 2 aromatic rings. The van der Waals surface area contributed by atoms with E-state index in [9.17, 15) is 0 Å². The SMILES string of the molecule is CN=C(NCC(c1ccccc1)N1CCOCC1)N1CCc2ccccc21. The molecule has 1 N–H and O–H groups in total. The van der Waals surface area contributed by atoms with E-state index in [1.165, 1.54) is 16.8 Å². The molecular formula is C22H28N4O. The molecule has 0 aliphatic carbocycles. The Balaban J connectivity index is 1.50. The van der Waals surface area contributed by atoms with Crippen molar-refractivity contribution in [1.29, 1.82) is 0 Å². The molecule has 1 unspecified atom stereocenters. The van der Waals surface area contributed by atoms with Gasteiger partial charge in [0.1, 0.15) is 0 Å². The van der Waals surface area contributed by atoms with Crippen molar-refractivity contribution in [2.75, 3.05) is 51.3 Å². The summed E-state index contributed by atoms with van der Waals surface area (Å²) in [5.74, 6) is 0.953. The Hall–Kier alpha value is -2.37. The largest absolute Gasteiger partial charge is 0.379 e. The van der Waals surface area contributed by atoms with Gasteiger partial charge in [0.2, 0.25) is 0 Å². The molecule has 0 aromatic heterocycles. The Bertz CT molecular complexity index is 771. The summed E-state index contributed by atoms with van der Waals surface area (Å²) in [5.41, 5.74) is 4.01. The summed E-state index contributed by atoms with van der Waals surface area (Å²) in [4.78, 5) is 9.38. The van der Waals surface area contributed by atoms with E-state index in [4.69, 9.17) is 4.74 Å². The summed E-state index contributed by atoms with van der Waals surface area (Å²) < 4.78 is 5.56. The number of morpholine rings is 1. The van der Waals surface area contributed by atoms with Crippen LogP contribution in [0.3, 0.4) is 0 Å². The van der Waals surface area contributed by atoms with Crippen LogP contribution in [0.2, 0.25) is 0 Å². The minimum absolute atomic E-state index is 0.310. The van der Waals surface area contributed by atoms with Crippen molar-refractivity contribution in [3.05, 3.63) is 65.7 Å². The number of anilines is 1. The number of para-hydroxylation sites is 1. The molecular weight excluding hydrogens is 336 g/mol. The molecule has 5 heteroatoms. The van der Waals surface area contributed by atoms with Crippen LogP contribution >= 0.6 is 0 Å². The van der Waals surface area contributed by atoms with Gasteiger partial charge in [0.15, 0.2) is 5.96 Å². The average Bonchev–Trinajstić information content (AvgIpc) is 3.17. The lowest BCUT2D eigenvalue weighted by Crippen LogP contribution is -2.47. The molecule has 2 heterocycles. The maximum absolute atomic E-state index is 5.56. The molecule has 5 nitrogen and oxygen atoms in total. The quantitative estimate of drug-likeness (QED) is 0.669. The van der Waals surface area contributed by atoms with Gasteiger partial charge in [-0.15, -0.1) is 0 Å². The standard InChI is InChI=1S/C22H28N4O/c1-23-22(26-12-11-19-9-5-6-10-20(19)26)24-17-21(18-7-3-2-4-8-18)25-13-15-27-16-14-25/h2-10,21H,11-17H2,1H3,(H,23,24). The molecule has 27 heavy (non-hydrogen) atoms. The first-order valence-electron chi connectivity index (χ1n) is 9.79. The van der Waals surface area contributed by atoms with E-state index < -0.39 is 0 Å². The van der Waals surface area contributed by atoms with E-state index in [0.717, 1.165) is 51.8 Å². The fourth-order valence-electron chi connectivity index (χ4n) is 4.06. The topological polar surface area (TPSA) is 40.1 Å². The van der Waals surface area contributed by atoms with Gasteiger partial charge in [-0.25, -0.2) is 0 Å². The molecule has 0 amide bonds. The van der Waals surface area contributed by atoms with E-state index in [1.807, 2.05) is 7.05 Å². The predicted molar refractivity (Wildman–Crippen MR) is 110 cm³/mol. The van der Waals surface area contributed by atoms with Crippen molar-refractivity contribution < 1.29 is 4.74 Å². The average molecular weight is 364 g/mol. The number of ether oxygens (including phenoxy) is 1. The van der Waals surface area contributed by atoms with Crippen LogP contribution in [0.1, 0.15) is 17.2 Å². The van der Waals surface area contributed by atoms with Crippen molar-refractivity contribution in [2.45, 2.75) is 12.5 Å². The first-order chi connectivity index (χ1) is 13.4. The van der Waals surface area contributed by atoms with Gasteiger partial charge in [0.05, 0.1) is 19.3 Å². The number of hydrogen-bond acceptors (Lipinski definition) is 3. The van der Waals surface area contributed by atoms with Crippen LogP contribution in [0.5, 0.6) is 0 Å². The van der Waals surface area contributed by atoms with E-state index in [-0.39, 0.29) is 0 Å². The van der Waals surface area contributed by atoms with E-state index >= 15 is 0 Å². The van der Waals surface area contributed by atoms with Crippen molar-refractivity contribution >= 4 is 11.6 Å². The van der Waals surface area contributed by atoms with Gasteiger partial charge in [0.25, 0.3) is 0 Å². The molecule has 2 aliphatic heterocycles. The lowest BCUT2D eigenvalue weighted by Gasteiger charge is -2.35. The van der Waals surface area contributed by atoms with Crippen LogP contribution < -0.4 is 10.2 Å². The summed E-state index contributed by atoms with van der Waals surface area (Å²) >= 11 is 0. The molecule has 1 fully saturated rings. The zero-order valence-corrected chi connectivity index (χ0v) is 16.0. The Morgan fingerprint density at radius 2 is 1.78 bits per heavy atom. The molecule has 0 saturated carbocycles. The van der Waals surface area contributed by atoms with Crippen LogP contribution in [0.4, 0.5) is 5.69 Å². The molecule has 0 spiro atoms. The van der Waals surface area contributed by atoms with Crippen molar-refractivity contribution in [3.63, 3.8) is 0 Å². The maximum atomic E-state index is 5.56. The molecule has 1 saturated heterocycles. The van der Waals surface area contributed by atoms with Crippen molar-refractivity contribution in [3.8, 4) is 0 Å². The lowest BCUT2D eigenvalue weighted by atomic mass is 10.0. The van der Waals surface area contributed by atoms with E-state index in [1.54, 1.807) is 0 Å². The van der Waals surface area contributed by atoms with Crippen LogP contribution in [0.25, 0.3) is 0 Å². The van der Waals surface area contributed by atoms with Gasteiger partial charge in [-0.3, -0.25) is 9.89 Å². The van der Waals surface area contributed by atoms with Gasteiger partial charge < -0.3 is 15.0 Å². The van der Waals surface area contributed by atoms with E-state index in [2.05, 4.69) is 74.7 Å². The highest BCUT2D eigenvalue weighted by Crippen LogP contribution is 2.28. The predicted octanol–water partition coefficient (Wildman–Crippen LogP) is 2.70. The van der Waals surface area contributed by atoms with Crippen LogP contribution in [0, 0.1) is 0 Å². The number of hydrogen-bond donors (Lipinski definition) is 1. The minimum Gasteiger partial charge on any atom is -0.379 e. The van der Waals surface area contributed by atoms with Gasteiger partial charge in [0, 0.05) is 38.9 Å². The molecule has 1 atom stereocenters. The normalized spacial score (nSPS) is 19.0. The highest BCUT2D eigenvalue weighted by molar-refractivity contribution is 5.97. The zero-order valence-electron chi connectivity index (χ0n) is 16.0. The maximum Gasteiger partial charge on any atom is 0.198 e. The second-order valence-corrected chi connectivity index (χ2v) is 7.03. The van der Waals surface area contributed by atoms with E-state index in [0.29, 0.717) is 6.04 Å². The first kappa shape index (κ1) is 18.0. The zero-order chi connectivity index (χ0) is 18.5. The molecule has 2 aliphatic rings. The Labute approximate surface area is 161 Å².